The summed E-state index contributed by atoms with van der Waals surface area (Å²) in [5, 5.41) is 60.7. The Morgan fingerprint density at radius 2 is 1.52 bits per heavy atom. The number of aryl methyl sites for hydroxylation is 2. The number of carbonyl (C=O) groups excluding carboxylic acids is 6. The minimum absolute atomic E-state index is 0.00150. The summed E-state index contributed by atoms with van der Waals surface area (Å²) in [5.41, 5.74) is 27.0. The van der Waals surface area contributed by atoms with Crippen molar-refractivity contribution in [3.05, 3.63) is 127 Å². The zero-order valence-corrected chi connectivity index (χ0v) is 78.4. The number of amides is 2. The number of ketones is 3. The number of hydrogen-bond donors (Lipinski definition) is 7. The number of hydrogen-bond acceptors (Lipinski definition) is 33. The second kappa shape index (κ2) is 47.0. The summed E-state index contributed by atoms with van der Waals surface area (Å²) in [4.78, 5) is 110. The Labute approximate surface area is 779 Å². The molecule has 15 atom stereocenters. The number of unbranched alkanes of at least 4 members (excludes halogenated alkanes) is 1. The third kappa shape index (κ3) is 25.6. The molecule has 2 bridgehead atoms. The highest BCUT2D eigenvalue weighted by molar-refractivity contribution is 7.89. The number of ether oxygens (including phenoxy) is 7. The molecule has 10 heterocycles. The van der Waals surface area contributed by atoms with Gasteiger partial charge in [-0.2, -0.15) is 14.4 Å². The van der Waals surface area contributed by atoms with Crippen LogP contribution in [-0.4, -0.2) is 286 Å². The van der Waals surface area contributed by atoms with Gasteiger partial charge in [-0.3, -0.25) is 24.0 Å². The molecule has 40 heteroatoms. The number of rotatable bonds is 31. The van der Waals surface area contributed by atoms with Crippen molar-refractivity contribution in [1.29, 1.82) is 0 Å². The van der Waals surface area contributed by atoms with Crippen LogP contribution in [-0.2, 0) is 91.5 Å². The SMILES string of the molecule is CO[C@@H]1C[C@H]2CC[C@H](C)[C@](O)(O2)C(=O)C(=O)N2CCCC[C@H]2C(=O)OC([C@@H](N)C[C@@H]2CC[C@H](n3nncc3-c3cccc(-c4cnc(N5CCN(S(=O)(=O)CCc6cn(CCOCCOCCOCCC(=O)NCCCCn7nc(-c8ccc9oc(N)nc9c8)c8c(N)ncnc87)nn6)CC5)nc4)c3)[C@H](OC)C2)CC(=O)[C@H](C)/C=C(/C)[C@H](O)[C@@H](O)C(=O)[C@H](C)C[C@H](C)\C=C/C=C\C=C/1C. The number of Topliss-reactive ketones (excluding diaryl/α,β-unsaturated/α-hetero) is 3. The van der Waals surface area contributed by atoms with Crippen molar-refractivity contribution in [3.8, 4) is 33.6 Å². The van der Waals surface area contributed by atoms with Crippen LogP contribution in [0.25, 0.3) is 55.8 Å². The lowest BCUT2D eigenvalue weighted by Gasteiger charge is -2.42. The number of sulfonamides is 1. The number of fused-ring (bicyclic) bond motifs is 5. The Bertz CT molecular complexity index is 5580. The molecule has 5 aliphatic rings. The Hall–Kier alpha value is -10.9. The lowest BCUT2D eigenvalue weighted by Crippen LogP contribution is -2.61. The van der Waals surface area contributed by atoms with E-state index in [2.05, 4.69) is 40.9 Å². The van der Waals surface area contributed by atoms with Gasteiger partial charge < -0.3 is 85.2 Å². The Balaban J connectivity index is 0.541. The van der Waals surface area contributed by atoms with E-state index in [4.69, 9.17) is 69.8 Å². The van der Waals surface area contributed by atoms with Crippen molar-refractivity contribution in [2.45, 2.75) is 218 Å². The summed E-state index contributed by atoms with van der Waals surface area (Å²) in [6, 6.07) is 10.9. The predicted molar refractivity (Wildman–Crippen MR) is 496 cm³/mol. The van der Waals surface area contributed by atoms with Crippen LogP contribution in [0.15, 0.2) is 126 Å². The number of methoxy groups -OCH3 is 2. The van der Waals surface area contributed by atoms with Crippen molar-refractivity contribution in [2.24, 2.45) is 35.3 Å². The number of allylic oxidation sites excluding steroid dienone is 6. The van der Waals surface area contributed by atoms with Gasteiger partial charge in [-0.15, -0.1) is 10.2 Å². The topological polar surface area (TPSA) is 518 Å². The van der Waals surface area contributed by atoms with Gasteiger partial charge >= 0.3 is 5.97 Å². The maximum atomic E-state index is 14.9. The summed E-state index contributed by atoms with van der Waals surface area (Å²) in [7, 11) is -0.475. The van der Waals surface area contributed by atoms with Crippen LogP contribution in [0.3, 0.4) is 0 Å². The number of aliphatic hydroxyl groups excluding tert-OH is 2. The molecule has 1 saturated carbocycles. The molecule has 10 N–H and O–H groups in total. The number of nitrogens with two attached hydrogens (primary N) is 3. The van der Waals surface area contributed by atoms with Crippen LogP contribution in [0.2, 0.25) is 0 Å². The van der Waals surface area contributed by atoms with Gasteiger partial charge in [-0.05, 0) is 144 Å². The van der Waals surface area contributed by atoms with E-state index in [-0.39, 0.29) is 99.5 Å². The fraction of sp³-hybridized carbons (Fsp3) is 0.574. The van der Waals surface area contributed by atoms with Crippen LogP contribution in [0, 0.1) is 29.6 Å². The smallest absolute Gasteiger partial charge is 0.329 e. The number of cyclic esters (lactones) is 1. The van der Waals surface area contributed by atoms with Crippen LogP contribution in [0.1, 0.15) is 150 Å². The fourth-order valence-electron chi connectivity index (χ4n) is 18.3. The molecule has 4 fully saturated rings. The van der Waals surface area contributed by atoms with E-state index in [0.29, 0.717) is 169 Å². The second-order valence-electron chi connectivity index (χ2n) is 35.8. The predicted octanol–water partition coefficient (Wildman–Crippen LogP) is 7.25. The van der Waals surface area contributed by atoms with Crippen molar-refractivity contribution >= 4 is 85.1 Å². The number of anilines is 3. The molecule has 1 aliphatic carbocycles. The average molecular weight is 1870 g/mol. The van der Waals surface area contributed by atoms with Gasteiger partial charge in [-0.1, -0.05) is 92.8 Å². The van der Waals surface area contributed by atoms with Crippen LogP contribution < -0.4 is 27.4 Å². The number of esters is 1. The first-order chi connectivity index (χ1) is 64.5. The minimum atomic E-state index is -3.65. The van der Waals surface area contributed by atoms with E-state index in [1.54, 1.807) is 75.2 Å². The summed E-state index contributed by atoms with van der Waals surface area (Å²) >= 11 is 0. The molecule has 8 aromatic rings. The van der Waals surface area contributed by atoms with Crippen LogP contribution in [0.5, 0.6) is 0 Å². The number of aromatic nitrogens is 13. The number of nitrogens with one attached hydrogen (secondary N) is 1. The highest BCUT2D eigenvalue weighted by Crippen LogP contribution is 2.42. The first-order valence-corrected chi connectivity index (χ1v) is 48.1. The van der Waals surface area contributed by atoms with Crippen LogP contribution >= 0.6 is 0 Å². The molecule has 2 amide bonds. The van der Waals surface area contributed by atoms with Gasteiger partial charge in [0.2, 0.25) is 27.7 Å². The number of carbonyl (C=O) groups is 6. The standard InChI is InChI=1S/C94H128N20O19S/c1-58-17-10-9-11-18-59(2)78(126-7)51-70-25-22-63(6)94(123,133-70)87(120)90(121)112-31-14-12-21-74(112)91(122)131-79(52-76(115)60(3)46-62(5)85(118)86(119)84(117)61(4)45-58)71(95)47-64-23-26-73(80(48-64)127-8)114-75(55-103-107-114)66-20-16-19-65(49-66)68-53-99-93(100-54-68)109-33-35-111(36-34-109)134(124,125)44-29-69-56-110(108-105-69)37-39-129-41-43-130-42-40-128-38-28-81(116)98-30-13-15-32-113-89-82(88(96)101-57-102-89)83(106-113)67-24-27-77-72(50-67)104-92(97)132-77/h9-11,16-20,24,27,46,49-50,53-58,60-61,63-64,70-71,73-74,78-80,85-86,118-119,123H,12-15,21-23,25-26,28-45,47-48,51-52,95H2,1-8H3,(H2,97,104)(H,98,116)(H2,96,101,102)/b11-9-,17-10-,59-18-,62-46-/t58-,60-,61-,63+,64+,70-,71+,73+,74+,78-,79?,80-,85+,86+,94+/m1/s1. The van der Waals surface area contributed by atoms with Crippen molar-refractivity contribution in [3.63, 3.8) is 0 Å². The maximum absolute atomic E-state index is 14.9. The third-order valence-corrected chi connectivity index (χ3v) is 28.0. The molecular weight excluding hydrogens is 1750 g/mol. The summed E-state index contributed by atoms with van der Waals surface area (Å²) in [5.74, 6) is -8.74. The van der Waals surface area contributed by atoms with Crippen molar-refractivity contribution < 1.29 is 90.1 Å². The number of piperidine rings is 1. The third-order valence-electron chi connectivity index (χ3n) is 26.2. The lowest BCUT2D eigenvalue weighted by molar-refractivity contribution is -0.265. The van der Waals surface area contributed by atoms with Crippen molar-refractivity contribution in [1.82, 2.24) is 79.2 Å². The van der Waals surface area contributed by atoms with E-state index in [9.17, 15) is 52.5 Å². The number of nitrogens with zero attached hydrogens (tertiary/aromatic N) is 16. The van der Waals surface area contributed by atoms with E-state index in [1.165, 1.54) is 23.6 Å². The quantitative estimate of drug-likeness (QED) is 0.00973. The maximum Gasteiger partial charge on any atom is 0.329 e. The minimum Gasteiger partial charge on any atom is -0.459 e. The largest absolute Gasteiger partial charge is 0.459 e. The molecule has 0 radical (unpaired) electrons. The Morgan fingerprint density at radius 3 is 2.29 bits per heavy atom. The van der Waals surface area contributed by atoms with E-state index in [1.807, 2.05) is 90.2 Å². The zero-order chi connectivity index (χ0) is 95.3. The van der Waals surface area contributed by atoms with Crippen molar-refractivity contribution in [2.75, 3.05) is 115 Å². The van der Waals surface area contributed by atoms with Gasteiger partial charge in [0, 0.05) is 145 Å². The molecular formula is C94H128N20O19S. The molecule has 0 spiro atoms. The van der Waals surface area contributed by atoms with Crippen LogP contribution in [0.4, 0.5) is 17.8 Å². The first kappa shape index (κ1) is 101. The molecule has 6 aromatic heterocycles. The molecule has 4 aliphatic heterocycles. The summed E-state index contributed by atoms with van der Waals surface area (Å²) < 4.78 is 81.3. The molecule has 3 saturated heterocycles. The molecule has 1 unspecified atom stereocenters. The first-order valence-electron chi connectivity index (χ1n) is 46.5. The number of aliphatic hydroxyl groups is 3. The van der Waals surface area contributed by atoms with E-state index < -0.39 is 118 Å². The van der Waals surface area contributed by atoms with Gasteiger partial charge in [-0.25, -0.2) is 47.2 Å². The second-order valence-corrected chi connectivity index (χ2v) is 37.9. The lowest BCUT2D eigenvalue weighted by atomic mass is 9.79. The highest BCUT2D eigenvalue weighted by atomic mass is 32.2. The summed E-state index contributed by atoms with van der Waals surface area (Å²) in [6.07, 6.45) is 18.7. The normalized spacial score (nSPS) is 26.7. The van der Waals surface area contributed by atoms with Gasteiger partial charge in [0.05, 0.1) is 99.3 Å². The number of benzene rings is 2. The highest BCUT2D eigenvalue weighted by Gasteiger charge is 2.53. The molecule has 134 heavy (non-hydrogen) atoms. The summed E-state index contributed by atoms with van der Waals surface area (Å²) in [6.45, 7) is 14.9. The van der Waals surface area contributed by atoms with E-state index in [0.717, 1.165) is 44.8 Å². The number of oxazole rings is 1. The zero-order valence-electron chi connectivity index (χ0n) is 77.6. The molecule has 2 aromatic carbocycles. The number of nitrogen functional groups attached to an aromatic ring is 2. The Kier molecular flexibility index (Phi) is 35.3. The monoisotopic (exact) mass is 1870 g/mol. The van der Waals surface area contributed by atoms with Gasteiger partial charge in [0.1, 0.15) is 53.5 Å². The van der Waals surface area contributed by atoms with Gasteiger partial charge in [0.25, 0.3) is 17.7 Å². The fourth-order valence-corrected chi connectivity index (χ4v) is 19.7. The van der Waals surface area contributed by atoms with E-state index >= 15 is 0 Å². The Morgan fingerprint density at radius 1 is 0.761 bits per heavy atom. The molecule has 13 rings (SSSR count). The number of piperazine rings is 1. The average Bonchev–Trinajstić information content (AvgIpc) is 1.66. The molecule has 724 valence electrons. The van der Waals surface area contributed by atoms with Gasteiger partial charge in [0.15, 0.2) is 17.0 Å². The molecule has 39 nitrogen and oxygen atoms in total.